The minimum absolute atomic E-state index is 0.108. The molecule has 5 nitrogen and oxygen atoms in total. The largest absolute Gasteiger partial charge is 0.497 e. The van der Waals surface area contributed by atoms with E-state index in [2.05, 4.69) is 15.5 Å². The van der Waals surface area contributed by atoms with Gasteiger partial charge in [-0.25, -0.2) is 0 Å². The average Bonchev–Trinajstić information content (AvgIpc) is 2.88. The van der Waals surface area contributed by atoms with Gasteiger partial charge in [-0.3, -0.25) is 9.89 Å². The van der Waals surface area contributed by atoms with Gasteiger partial charge in [-0.15, -0.1) is 0 Å². The summed E-state index contributed by atoms with van der Waals surface area (Å²) in [5, 5.41) is 10.5. The molecule has 2 aromatic rings. The van der Waals surface area contributed by atoms with Crippen molar-refractivity contribution in [1.29, 1.82) is 0 Å². The first-order valence-corrected chi connectivity index (χ1v) is 7.75. The number of aromatic nitrogens is 2. The highest BCUT2D eigenvalue weighted by Crippen LogP contribution is 2.33. The number of hydrogen-bond acceptors (Lipinski definition) is 3. The number of carbonyl (C=O) groups excluding carboxylic acids is 1. The van der Waals surface area contributed by atoms with Crippen molar-refractivity contribution in [3.8, 4) is 17.0 Å². The number of ether oxygens (including phenoxy) is 1. The molecule has 1 amide bonds. The highest BCUT2D eigenvalue weighted by molar-refractivity contribution is 5.97. The average molecular weight is 299 g/mol. The Bertz CT molecular complexity index is 657. The number of H-pyrrole nitrogens is 1. The van der Waals surface area contributed by atoms with Gasteiger partial charge in [0.15, 0.2) is 0 Å². The molecule has 0 bridgehead atoms. The fraction of sp³-hybridized carbons (Fsp3) is 0.412. The SMILES string of the molecule is CCc1[nH]nc(-c2ccc(OC)cc2)c1NC(=O)C1CCC1. The van der Waals surface area contributed by atoms with Crippen molar-refractivity contribution in [2.45, 2.75) is 32.6 Å². The predicted molar refractivity (Wildman–Crippen MR) is 85.9 cm³/mol. The molecule has 1 aromatic heterocycles. The van der Waals surface area contributed by atoms with Gasteiger partial charge in [0.05, 0.1) is 18.5 Å². The number of anilines is 1. The Kier molecular flexibility index (Phi) is 4.13. The van der Waals surface area contributed by atoms with E-state index in [4.69, 9.17) is 4.74 Å². The number of methoxy groups -OCH3 is 1. The van der Waals surface area contributed by atoms with Crippen LogP contribution in [0.15, 0.2) is 24.3 Å². The molecule has 0 aliphatic heterocycles. The van der Waals surface area contributed by atoms with Gasteiger partial charge in [0.2, 0.25) is 5.91 Å². The highest BCUT2D eigenvalue weighted by Gasteiger charge is 2.27. The molecule has 0 spiro atoms. The molecule has 116 valence electrons. The van der Waals surface area contributed by atoms with E-state index in [1.165, 1.54) is 0 Å². The number of carbonyl (C=O) groups is 1. The van der Waals surface area contributed by atoms with E-state index in [1.807, 2.05) is 31.2 Å². The Morgan fingerprint density at radius 1 is 1.36 bits per heavy atom. The lowest BCUT2D eigenvalue weighted by Gasteiger charge is -2.24. The molecule has 2 N–H and O–H groups in total. The summed E-state index contributed by atoms with van der Waals surface area (Å²) in [7, 11) is 1.64. The zero-order valence-electron chi connectivity index (χ0n) is 13.0. The summed E-state index contributed by atoms with van der Waals surface area (Å²) in [5.41, 5.74) is 3.51. The van der Waals surface area contributed by atoms with E-state index in [1.54, 1.807) is 7.11 Å². The number of rotatable bonds is 5. The number of amides is 1. The van der Waals surface area contributed by atoms with Crippen LogP contribution in [0.1, 0.15) is 31.9 Å². The Labute approximate surface area is 130 Å². The van der Waals surface area contributed by atoms with Crippen LogP contribution < -0.4 is 10.1 Å². The summed E-state index contributed by atoms with van der Waals surface area (Å²) in [5.74, 6) is 1.07. The van der Waals surface area contributed by atoms with Gasteiger partial charge in [-0.05, 0) is 43.5 Å². The summed E-state index contributed by atoms with van der Waals surface area (Å²) in [6.45, 7) is 2.05. The summed E-state index contributed by atoms with van der Waals surface area (Å²) < 4.78 is 5.18. The van der Waals surface area contributed by atoms with Crippen molar-refractivity contribution in [2.75, 3.05) is 12.4 Å². The first-order valence-electron chi connectivity index (χ1n) is 7.75. The summed E-state index contributed by atoms with van der Waals surface area (Å²) in [4.78, 5) is 12.3. The van der Waals surface area contributed by atoms with E-state index in [0.29, 0.717) is 0 Å². The van der Waals surface area contributed by atoms with Crippen molar-refractivity contribution in [1.82, 2.24) is 10.2 Å². The monoisotopic (exact) mass is 299 g/mol. The van der Waals surface area contributed by atoms with Crippen LogP contribution in [0.4, 0.5) is 5.69 Å². The van der Waals surface area contributed by atoms with E-state index in [-0.39, 0.29) is 11.8 Å². The van der Waals surface area contributed by atoms with Crippen molar-refractivity contribution >= 4 is 11.6 Å². The van der Waals surface area contributed by atoms with Gasteiger partial charge in [-0.2, -0.15) is 5.10 Å². The van der Waals surface area contributed by atoms with Gasteiger partial charge < -0.3 is 10.1 Å². The van der Waals surface area contributed by atoms with Gasteiger partial charge in [-0.1, -0.05) is 13.3 Å². The summed E-state index contributed by atoms with van der Waals surface area (Å²) in [6.07, 6.45) is 3.92. The molecule has 1 saturated carbocycles. The van der Waals surface area contributed by atoms with Gasteiger partial charge >= 0.3 is 0 Å². The molecular formula is C17H21N3O2. The minimum atomic E-state index is 0.108. The predicted octanol–water partition coefficient (Wildman–Crippen LogP) is 3.39. The minimum Gasteiger partial charge on any atom is -0.497 e. The molecule has 1 aliphatic carbocycles. The van der Waals surface area contributed by atoms with E-state index in [0.717, 1.165) is 54.1 Å². The molecule has 1 heterocycles. The van der Waals surface area contributed by atoms with E-state index >= 15 is 0 Å². The van der Waals surface area contributed by atoms with Gasteiger partial charge in [0, 0.05) is 11.5 Å². The maximum absolute atomic E-state index is 12.3. The van der Waals surface area contributed by atoms with Crippen LogP contribution in [-0.2, 0) is 11.2 Å². The first-order chi connectivity index (χ1) is 10.7. The van der Waals surface area contributed by atoms with E-state index < -0.39 is 0 Å². The van der Waals surface area contributed by atoms with Crippen molar-refractivity contribution in [3.05, 3.63) is 30.0 Å². The zero-order chi connectivity index (χ0) is 15.5. The van der Waals surface area contributed by atoms with Crippen molar-refractivity contribution in [2.24, 2.45) is 5.92 Å². The molecule has 1 fully saturated rings. The quantitative estimate of drug-likeness (QED) is 0.889. The third kappa shape index (κ3) is 2.71. The molecule has 0 radical (unpaired) electrons. The topological polar surface area (TPSA) is 67.0 Å². The van der Waals surface area contributed by atoms with Gasteiger partial charge in [0.25, 0.3) is 0 Å². The molecule has 1 aromatic carbocycles. The lowest BCUT2D eigenvalue weighted by molar-refractivity contribution is -0.122. The Morgan fingerprint density at radius 3 is 2.64 bits per heavy atom. The Hall–Kier alpha value is -2.30. The maximum Gasteiger partial charge on any atom is 0.227 e. The number of nitrogens with one attached hydrogen (secondary N) is 2. The number of hydrogen-bond donors (Lipinski definition) is 2. The lowest BCUT2D eigenvalue weighted by atomic mass is 9.84. The van der Waals surface area contributed by atoms with Crippen LogP contribution in [0, 0.1) is 5.92 Å². The molecular weight excluding hydrogens is 278 g/mol. The van der Waals surface area contributed by atoms with Crippen LogP contribution in [0.3, 0.4) is 0 Å². The standard InChI is InChI=1S/C17H21N3O2/c1-3-14-16(18-17(21)12-5-4-6-12)15(20-19-14)11-7-9-13(22-2)10-8-11/h7-10,12H,3-6H2,1-2H3,(H,18,21)(H,19,20). The maximum atomic E-state index is 12.3. The van der Waals surface area contributed by atoms with Crippen LogP contribution in [0.25, 0.3) is 11.3 Å². The zero-order valence-corrected chi connectivity index (χ0v) is 13.0. The normalized spacial score (nSPS) is 14.5. The van der Waals surface area contributed by atoms with Crippen molar-refractivity contribution < 1.29 is 9.53 Å². The number of benzene rings is 1. The lowest BCUT2D eigenvalue weighted by Crippen LogP contribution is -2.28. The molecule has 1 aliphatic rings. The molecule has 3 rings (SSSR count). The first kappa shape index (κ1) is 14.6. The van der Waals surface area contributed by atoms with Crippen LogP contribution in [0.5, 0.6) is 5.75 Å². The van der Waals surface area contributed by atoms with E-state index in [9.17, 15) is 4.79 Å². The van der Waals surface area contributed by atoms with Crippen molar-refractivity contribution in [3.63, 3.8) is 0 Å². The summed E-state index contributed by atoms with van der Waals surface area (Å²) >= 11 is 0. The number of aromatic amines is 1. The van der Waals surface area contributed by atoms with Crippen LogP contribution in [-0.4, -0.2) is 23.2 Å². The molecule has 0 unspecified atom stereocenters. The fourth-order valence-electron chi connectivity index (χ4n) is 2.62. The molecule has 5 heteroatoms. The molecule has 0 atom stereocenters. The molecule has 22 heavy (non-hydrogen) atoms. The van der Waals surface area contributed by atoms with Gasteiger partial charge in [0.1, 0.15) is 11.4 Å². The summed E-state index contributed by atoms with van der Waals surface area (Å²) in [6, 6.07) is 7.70. The third-order valence-corrected chi connectivity index (χ3v) is 4.28. The number of aryl methyl sites for hydroxylation is 1. The number of nitrogens with zero attached hydrogens (tertiary/aromatic N) is 1. The second-order valence-corrected chi connectivity index (χ2v) is 5.62. The second-order valence-electron chi connectivity index (χ2n) is 5.62. The van der Waals surface area contributed by atoms with Crippen LogP contribution >= 0.6 is 0 Å². The molecule has 0 saturated heterocycles. The fourth-order valence-corrected chi connectivity index (χ4v) is 2.62. The third-order valence-electron chi connectivity index (χ3n) is 4.28. The smallest absolute Gasteiger partial charge is 0.227 e. The van der Waals surface area contributed by atoms with Crippen LogP contribution in [0.2, 0.25) is 0 Å². The highest BCUT2D eigenvalue weighted by atomic mass is 16.5. The second kappa shape index (κ2) is 6.22. The Balaban J connectivity index is 1.89. The Morgan fingerprint density at radius 2 is 2.09 bits per heavy atom.